The zero-order valence-corrected chi connectivity index (χ0v) is 13.5. The van der Waals surface area contributed by atoms with Crippen LogP contribution in [-0.4, -0.2) is 16.2 Å². The van der Waals surface area contributed by atoms with E-state index in [1.165, 1.54) is 0 Å². The smallest absolute Gasteiger partial charge is 0.335 e. The van der Waals surface area contributed by atoms with E-state index >= 15 is 0 Å². The molecule has 3 rings (SSSR count). The Kier molecular flexibility index (Phi) is 4.90. The van der Waals surface area contributed by atoms with Crippen molar-refractivity contribution in [1.29, 1.82) is 0 Å². The Morgan fingerprint density at radius 3 is 2.52 bits per heavy atom. The second-order valence-electron chi connectivity index (χ2n) is 5.68. The third kappa shape index (κ3) is 4.32. The predicted molar refractivity (Wildman–Crippen MR) is 96.2 cm³/mol. The maximum absolute atomic E-state index is 11.1. The second kappa shape index (κ2) is 7.45. The van der Waals surface area contributed by atoms with Gasteiger partial charge in [0.25, 0.3) is 0 Å². The van der Waals surface area contributed by atoms with Gasteiger partial charge in [-0.05, 0) is 42.0 Å². The number of phenols is 1. The van der Waals surface area contributed by atoms with Crippen LogP contribution in [0.5, 0.6) is 5.75 Å². The summed E-state index contributed by atoms with van der Waals surface area (Å²) in [7, 11) is 0. The molecular weight excluding hydrogens is 314 g/mol. The Hall–Kier alpha value is -3.40. The van der Waals surface area contributed by atoms with Gasteiger partial charge in [0.05, 0.1) is 5.56 Å². The molecule has 25 heavy (non-hydrogen) atoms. The number of benzene rings is 2. The van der Waals surface area contributed by atoms with Gasteiger partial charge in [0.1, 0.15) is 5.75 Å². The molecule has 0 unspecified atom stereocenters. The van der Waals surface area contributed by atoms with Gasteiger partial charge in [0.15, 0.2) is 12.7 Å². The molecule has 0 aliphatic carbocycles. The molecule has 3 aromatic rings. The zero-order chi connectivity index (χ0) is 17.6. The minimum atomic E-state index is -0.924. The van der Waals surface area contributed by atoms with E-state index in [9.17, 15) is 9.90 Å². The SMILES string of the molecule is O=C(O)c1cccc(C[n+]2ccccc2/C=C/c2ccc(O)cc2)c1. The fourth-order valence-corrected chi connectivity index (χ4v) is 2.55. The number of aromatic carboxylic acids is 1. The molecule has 0 amide bonds. The Morgan fingerprint density at radius 1 is 0.960 bits per heavy atom. The Bertz CT molecular complexity index is 914. The van der Waals surface area contributed by atoms with Crippen molar-refractivity contribution in [2.75, 3.05) is 0 Å². The highest BCUT2D eigenvalue weighted by atomic mass is 16.4. The Balaban J connectivity index is 1.85. The fraction of sp³-hybridized carbons (Fsp3) is 0.0476. The summed E-state index contributed by atoms with van der Waals surface area (Å²) in [5.74, 6) is -0.683. The number of nitrogens with zero attached hydrogens (tertiary/aromatic N) is 1. The average Bonchev–Trinajstić information content (AvgIpc) is 2.62. The monoisotopic (exact) mass is 332 g/mol. The summed E-state index contributed by atoms with van der Waals surface area (Å²) in [6.07, 6.45) is 5.93. The molecule has 1 aromatic heterocycles. The van der Waals surface area contributed by atoms with Crippen molar-refractivity contribution < 1.29 is 19.6 Å². The highest BCUT2D eigenvalue weighted by Gasteiger charge is 2.10. The molecule has 0 saturated carbocycles. The minimum absolute atomic E-state index is 0.241. The van der Waals surface area contributed by atoms with Crippen LogP contribution in [0.2, 0.25) is 0 Å². The molecule has 0 radical (unpaired) electrons. The van der Waals surface area contributed by atoms with Gasteiger partial charge >= 0.3 is 5.97 Å². The second-order valence-corrected chi connectivity index (χ2v) is 5.68. The lowest BCUT2D eigenvalue weighted by atomic mass is 10.1. The quantitative estimate of drug-likeness (QED) is 0.702. The standard InChI is InChI=1S/C21H17NO3/c23-20-11-8-16(9-12-20)7-10-19-6-1-2-13-22(19)15-17-4-3-5-18(14-17)21(24)25/h1-14H,15H2,(H,24,25)/p+1. The molecule has 0 aliphatic rings. The van der Waals surface area contributed by atoms with E-state index in [0.29, 0.717) is 6.54 Å². The number of carboxylic acid groups (broad SMARTS) is 1. The number of aromatic hydroxyl groups is 1. The first-order valence-electron chi connectivity index (χ1n) is 7.90. The van der Waals surface area contributed by atoms with Crippen LogP contribution >= 0.6 is 0 Å². The summed E-state index contributed by atoms with van der Waals surface area (Å²) in [5.41, 5.74) is 3.20. The van der Waals surface area contributed by atoms with Crippen LogP contribution in [0.15, 0.2) is 72.9 Å². The first-order chi connectivity index (χ1) is 12.1. The molecule has 2 aromatic carbocycles. The number of hydrogen-bond donors (Lipinski definition) is 2. The van der Waals surface area contributed by atoms with Gasteiger partial charge in [-0.2, -0.15) is 4.57 Å². The molecule has 0 bridgehead atoms. The number of phenolic OH excluding ortho intramolecular Hbond substituents is 1. The number of aromatic nitrogens is 1. The van der Waals surface area contributed by atoms with E-state index in [1.807, 2.05) is 54.7 Å². The summed E-state index contributed by atoms with van der Waals surface area (Å²) < 4.78 is 2.05. The van der Waals surface area contributed by atoms with Crippen LogP contribution in [-0.2, 0) is 6.54 Å². The van der Waals surface area contributed by atoms with E-state index in [0.717, 1.165) is 16.8 Å². The van der Waals surface area contributed by atoms with Crippen LogP contribution in [0.3, 0.4) is 0 Å². The van der Waals surface area contributed by atoms with E-state index in [4.69, 9.17) is 5.11 Å². The molecule has 1 heterocycles. The summed E-state index contributed by atoms with van der Waals surface area (Å²) in [4.78, 5) is 11.1. The minimum Gasteiger partial charge on any atom is -0.508 e. The maximum atomic E-state index is 11.1. The summed E-state index contributed by atoms with van der Waals surface area (Å²) in [6.45, 7) is 0.581. The van der Waals surface area contributed by atoms with Gasteiger partial charge < -0.3 is 10.2 Å². The average molecular weight is 332 g/mol. The van der Waals surface area contributed by atoms with Crippen LogP contribution in [0.1, 0.15) is 27.2 Å². The normalized spacial score (nSPS) is 10.9. The first-order valence-corrected chi connectivity index (χ1v) is 7.90. The molecule has 0 fully saturated rings. The van der Waals surface area contributed by atoms with Crippen molar-refractivity contribution in [2.24, 2.45) is 0 Å². The van der Waals surface area contributed by atoms with E-state index in [2.05, 4.69) is 4.57 Å². The molecule has 0 aliphatic heterocycles. The molecule has 4 nitrogen and oxygen atoms in total. The number of pyridine rings is 1. The lowest BCUT2D eigenvalue weighted by Crippen LogP contribution is -2.37. The van der Waals surface area contributed by atoms with Crippen LogP contribution in [0.4, 0.5) is 0 Å². The van der Waals surface area contributed by atoms with Gasteiger partial charge in [-0.1, -0.05) is 24.3 Å². The highest BCUT2D eigenvalue weighted by Crippen LogP contribution is 2.12. The molecule has 4 heteroatoms. The number of rotatable bonds is 5. The Morgan fingerprint density at radius 2 is 1.76 bits per heavy atom. The lowest BCUT2D eigenvalue weighted by molar-refractivity contribution is -0.690. The van der Waals surface area contributed by atoms with Gasteiger partial charge in [0, 0.05) is 23.8 Å². The van der Waals surface area contributed by atoms with Crippen molar-refractivity contribution in [3.05, 3.63) is 95.3 Å². The molecular formula is C21H18NO3+. The lowest BCUT2D eigenvalue weighted by Gasteiger charge is -2.02. The van der Waals surface area contributed by atoms with E-state index in [1.54, 1.807) is 30.3 Å². The van der Waals surface area contributed by atoms with Crippen molar-refractivity contribution in [2.45, 2.75) is 6.54 Å². The summed E-state index contributed by atoms with van der Waals surface area (Å²) >= 11 is 0. The van der Waals surface area contributed by atoms with E-state index < -0.39 is 5.97 Å². The molecule has 2 N–H and O–H groups in total. The summed E-state index contributed by atoms with van der Waals surface area (Å²) in [5, 5.41) is 18.5. The highest BCUT2D eigenvalue weighted by molar-refractivity contribution is 5.87. The number of hydrogen-bond acceptors (Lipinski definition) is 2. The third-order valence-corrected chi connectivity index (χ3v) is 3.84. The Labute approximate surface area is 145 Å². The third-order valence-electron chi connectivity index (χ3n) is 3.84. The van der Waals surface area contributed by atoms with Gasteiger partial charge in [-0.25, -0.2) is 4.79 Å². The van der Waals surface area contributed by atoms with Crippen molar-refractivity contribution in [1.82, 2.24) is 0 Å². The van der Waals surface area contributed by atoms with Crippen molar-refractivity contribution in [3.63, 3.8) is 0 Å². The molecule has 0 spiro atoms. The summed E-state index contributed by atoms with van der Waals surface area (Å²) in [6, 6.07) is 19.8. The predicted octanol–water partition coefficient (Wildman–Crippen LogP) is 3.60. The van der Waals surface area contributed by atoms with E-state index in [-0.39, 0.29) is 11.3 Å². The van der Waals surface area contributed by atoms with Gasteiger partial charge in [0.2, 0.25) is 5.69 Å². The van der Waals surface area contributed by atoms with Gasteiger partial charge in [-0.15, -0.1) is 0 Å². The first kappa shape index (κ1) is 16.5. The largest absolute Gasteiger partial charge is 0.508 e. The molecule has 0 saturated heterocycles. The maximum Gasteiger partial charge on any atom is 0.335 e. The fourth-order valence-electron chi connectivity index (χ4n) is 2.55. The number of carbonyl (C=O) groups is 1. The van der Waals surface area contributed by atoms with Crippen LogP contribution < -0.4 is 4.57 Å². The van der Waals surface area contributed by atoms with Crippen LogP contribution in [0, 0.1) is 0 Å². The molecule has 0 atom stereocenters. The van der Waals surface area contributed by atoms with Crippen molar-refractivity contribution in [3.8, 4) is 5.75 Å². The topological polar surface area (TPSA) is 61.4 Å². The van der Waals surface area contributed by atoms with Crippen LogP contribution in [0.25, 0.3) is 12.2 Å². The number of carboxylic acids is 1. The molecule has 124 valence electrons. The zero-order valence-electron chi connectivity index (χ0n) is 13.5. The van der Waals surface area contributed by atoms with Crippen molar-refractivity contribution >= 4 is 18.1 Å². The van der Waals surface area contributed by atoms with Gasteiger partial charge in [-0.3, -0.25) is 0 Å².